The van der Waals surface area contributed by atoms with Crippen LogP contribution in [-0.2, 0) is 21.8 Å². The lowest BCUT2D eigenvalue weighted by molar-refractivity contribution is -0.138. The predicted octanol–water partition coefficient (Wildman–Crippen LogP) is 4.81. The van der Waals surface area contributed by atoms with Crippen molar-refractivity contribution in [2.24, 2.45) is 5.92 Å². The van der Waals surface area contributed by atoms with Gasteiger partial charge in [0.05, 0.1) is 5.75 Å². The number of thioether (sulfide) groups is 1. The molecule has 0 saturated carbocycles. The second-order valence-electron chi connectivity index (χ2n) is 7.76. The van der Waals surface area contributed by atoms with E-state index in [2.05, 4.69) is 19.2 Å². The Balaban J connectivity index is 1.97. The summed E-state index contributed by atoms with van der Waals surface area (Å²) in [6.45, 7) is 7.03. The van der Waals surface area contributed by atoms with E-state index in [1.165, 1.54) is 0 Å². The van der Waals surface area contributed by atoms with Gasteiger partial charge in [-0.15, -0.1) is 11.8 Å². The highest BCUT2D eigenvalue weighted by Crippen LogP contribution is 2.17. The van der Waals surface area contributed by atoms with Gasteiger partial charge in [0.15, 0.2) is 0 Å². The van der Waals surface area contributed by atoms with E-state index in [9.17, 15) is 9.59 Å². The number of hydrogen-bond donors (Lipinski definition) is 1. The molecule has 2 rings (SSSR count). The number of carbonyl (C=O) groups excluding carboxylic acids is 2. The monoisotopic (exact) mass is 446 g/mol. The number of halogens is 1. The molecule has 1 unspecified atom stereocenters. The lowest BCUT2D eigenvalue weighted by Crippen LogP contribution is -2.50. The molecule has 0 aromatic heterocycles. The van der Waals surface area contributed by atoms with Gasteiger partial charge < -0.3 is 10.2 Å². The van der Waals surface area contributed by atoms with Gasteiger partial charge in [-0.05, 0) is 42.5 Å². The lowest BCUT2D eigenvalue weighted by atomic mass is 10.1. The summed E-state index contributed by atoms with van der Waals surface area (Å²) < 4.78 is 0. The van der Waals surface area contributed by atoms with Crippen LogP contribution in [0.25, 0.3) is 0 Å². The Morgan fingerprint density at radius 3 is 2.30 bits per heavy atom. The molecule has 4 nitrogen and oxygen atoms in total. The average molecular weight is 447 g/mol. The van der Waals surface area contributed by atoms with Crippen molar-refractivity contribution in [1.29, 1.82) is 0 Å². The second-order valence-corrected chi connectivity index (χ2v) is 9.18. The van der Waals surface area contributed by atoms with Crippen LogP contribution < -0.4 is 5.32 Å². The summed E-state index contributed by atoms with van der Waals surface area (Å²) in [5.74, 6) is 1.30. The molecule has 0 radical (unpaired) electrons. The Labute approximate surface area is 189 Å². The van der Waals surface area contributed by atoms with E-state index in [0.717, 1.165) is 23.3 Å². The van der Waals surface area contributed by atoms with Crippen LogP contribution in [0.15, 0.2) is 54.6 Å². The summed E-state index contributed by atoms with van der Waals surface area (Å²) in [5.41, 5.74) is 2.27. The summed E-state index contributed by atoms with van der Waals surface area (Å²) >= 11 is 7.48. The highest BCUT2D eigenvalue weighted by molar-refractivity contribution is 7.99. The number of nitrogens with zero attached hydrogens (tertiary/aromatic N) is 1. The minimum atomic E-state index is -0.504. The van der Waals surface area contributed by atoms with Crippen molar-refractivity contribution < 1.29 is 9.59 Å². The van der Waals surface area contributed by atoms with Gasteiger partial charge in [-0.3, -0.25) is 9.59 Å². The van der Waals surface area contributed by atoms with Gasteiger partial charge in [0, 0.05) is 23.9 Å². The van der Waals surface area contributed by atoms with Crippen LogP contribution in [-0.4, -0.2) is 41.6 Å². The van der Waals surface area contributed by atoms with Crippen LogP contribution in [0.1, 0.15) is 31.9 Å². The van der Waals surface area contributed by atoms with Gasteiger partial charge in [-0.1, -0.05) is 67.9 Å². The zero-order chi connectivity index (χ0) is 21.9. The Morgan fingerprint density at radius 1 is 1.00 bits per heavy atom. The van der Waals surface area contributed by atoms with Crippen molar-refractivity contribution in [1.82, 2.24) is 10.2 Å². The molecule has 2 aromatic carbocycles. The summed E-state index contributed by atoms with van der Waals surface area (Å²) in [6.07, 6.45) is 0.718. The van der Waals surface area contributed by atoms with Gasteiger partial charge in [-0.2, -0.15) is 0 Å². The third-order valence-corrected chi connectivity index (χ3v) is 5.98. The minimum Gasteiger partial charge on any atom is -0.354 e. The van der Waals surface area contributed by atoms with Crippen LogP contribution in [0, 0.1) is 5.92 Å². The van der Waals surface area contributed by atoms with Crippen molar-refractivity contribution >= 4 is 35.2 Å². The molecular weight excluding hydrogens is 416 g/mol. The van der Waals surface area contributed by atoms with Gasteiger partial charge in [0.25, 0.3) is 0 Å². The highest BCUT2D eigenvalue weighted by Gasteiger charge is 2.25. The molecule has 1 atom stereocenters. The minimum absolute atomic E-state index is 0.0166. The SMILES string of the molecule is CC(C)CNC(=O)C(C)N(CCc1ccccc1)C(=O)CSCc1ccc(Cl)cc1. The molecule has 0 bridgehead atoms. The van der Waals surface area contributed by atoms with Crippen molar-refractivity contribution in [3.63, 3.8) is 0 Å². The quantitative estimate of drug-likeness (QED) is 0.539. The van der Waals surface area contributed by atoms with Crippen molar-refractivity contribution in [3.05, 3.63) is 70.7 Å². The average Bonchev–Trinajstić information content (AvgIpc) is 2.74. The van der Waals surface area contributed by atoms with Crippen LogP contribution in [0.4, 0.5) is 0 Å². The van der Waals surface area contributed by atoms with Gasteiger partial charge >= 0.3 is 0 Å². The fourth-order valence-electron chi connectivity index (χ4n) is 2.94. The molecule has 0 heterocycles. The summed E-state index contributed by atoms with van der Waals surface area (Å²) in [4.78, 5) is 27.3. The smallest absolute Gasteiger partial charge is 0.242 e. The van der Waals surface area contributed by atoms with Gasteiger partial charge in [-0.25, -0.2) is 0 Å². The van der Waals surface area contributed by atoms with E-state index in [-0.39, 0.29) is 11.8 Å². The van der Waals surface area contributed by atoms with Crippen LogP contribution in [0.5, 0.6) is 0 Å². The molecule has 0 saturated heterocycles. The first-order valence-corrected chi connectivity index (χ1v) is 11.8. The Bertz CT molecular complexity index is 797. The van der Waals surface area contributed by atoms with E-state index in [1.54, 1.807) is 16.7 Å². The standard InChI is InChI=1S/C24H31ClN2O2S/c1-18(2)15-26-24(29)19(3)27(14-13-20-7-5-4-6-8-20)23(28)17-30-16-21-9-11-22(25)12-10-21/h4-12,18-19H,13-17H2,1-3H3,(H,26,29). The number of hydrogen-bond acceptors (Lipinski definition) is 3. The molecule has 6 heteroatoms. The fraction of sp³-hybridized carbons (Fsp3) is 0.417. The Hall–Kier alpha value is -1.98. The molecule has 0 aliphatic rings. The molecular formula is C24H31ClN2O2S. The maximum absolute atomic E-state index is 13.0. The van der Waals surface area contributed by atoms with Crippen LogP contribution in [0.2, 0.25) is 5.02 Å². The summed E-state index contributed by atoms with van der Waals surface area (Å²) in [7, 11) is 0. The van der Waals surface area contributed by atoms with Crippen molar-refractivity contribution in [3.8, 4) is 0 Å². The topological polar surface area (TPSA) is 49.4 Å². The first kappa shape index (κ1) is 24.3. The molecule has 0 aliphatic heterocycles. The Morgan fingerprint density at radius 2 is 1.67 bits per heavy atom. The third kappa shape index (κ3) is 8.41. The molecule has 2 amide bonds. The van der Waals surface area contributed by atoms with E-state index < -0.39 is 6.04 Å². The first-order valence-electron chi connectivity index (χ1n) is 10.3. The van der Waals surface area contributed by atoms with E-state index >= 15 is 0 Å². The maximum atomic E-state index is 13.0. The molecule has 1 N–H and O–H groups in total. The number of rotatable bonds is 11. The molecule has 0 fully saturated rings. The van der Waals surface area contributed by atoms with E-state index in [0.29, 0.717) is 29.8 Å². The van der Waals surface area contributed by atoms with Crippen LogP contribution >= 0.6 is 23.4 Å². The second kappa shape index (κ2) is 12.7. The van der Waals surface area contributed by atoms with Gasteiger partial charge in [0.2, 0.25) is 11.8 Å². The number of nitrogens with one attached hydrogen (secondary N) is 1. The van der Waals surface area contributed by atoms with Gasteiger partial charge in [0.1, 0.15) is 6.04 Å². The lowest BCUT2D eigenvalue weighted by Gasteiger charge is -2.29. The van der Waals surface area contributed by atoms with E-state index in [1.807, 2.05) is 61.5 Å². The summed E-state index contributed by atoms with van der Waals surface area (Å²) in [5, 5.41) is 3.65. The highest BCUT2D eigenvalue weighted by atomic mass is 35.5. The van der Waals surface area contributed by atoms with E-state index in [4.69, 9.17) is 11.6 Å². The molecule has 0 aliphatic carbocycles. The largest absolute Gasteiger partial charge is 0.354 e. The maximum Gasteiger partial charge on any atom is 0.242 e. The number of amides is 2. The third-order valence-electron chi connectivity index (χ3n) is 4.74. The van der Waals surface area contributed by atoms with Crippen molar-refractivity contribution in [2.75, 3.05) is 18.8 Å². The molecule has 162 valence electrons. The normalized spacial score (nSPS) is 11.9. The van der Waals surface area contributed by atoms with Crippen molar-refractivity contribution in [2.45, 2.75) is 39.0 Å². The molecule has 30 heavy (non-hydrogen) atoms. The zero-order valence-electron chi connectivity index (χ0n) is 17.9. The predicted molar refractivity (Wildman–Crippen MR) is 127 cm³/mol. The Kier molecular flexibility index (Phi) is 10.2. The zero-order valence-corrected chi connectivity index (χ0v) is 19.5. The molecule has 2 aromatic rings. The first-order chi connectivity index (χ1) is 14.4. The molecule has 0 spiro atoms. The number of carbonyl (C=O) groups is 2. The number of benzene rings is 2. The fourth-order valence-corrected chi connectivity index (χ4v) is 3.94. The van der Waals surface area contributed by atoms with Crippen LogP contribution in [0.3, 0.4) is 0 Å². The summed E-state index contributed by atoms with van der Waals surface area (Å²) in [6, 6.07) is 17.2.